The fraction of sp³-hybridized carbons (Fsp3) is 0.815. The maximum atomic E-state index is 13.1. The molecule has 0 heterocycles. The number of nitrogens with one attached hydrogen (secondary N) is 1. The summed E-state index contributed by atoms with van der Waals surface area (Å²) in [5.74, 6) is -0.538. The van der Waals surface area contributed by atoms with E-state index in [1.54, 1.807) is 0 Å². The number of esters is 1. The first kappa shape index (κ1) is 57.8. The summed E-state index contributed by atoms with van der Waals surface area (Å²) < 4.78 is 5.88. The molecule has 0 fully saturated rings. The molecule has 0 spiro atoms. The molecule has 60 heavy (non-hydrogen) atoms. The summed E-state index contributed by atoms with van der Waals surface area (Å²) in [5.41, 5.74) is 0. The SMILES string of the molecule is CCCCC/C=C\C/C=C\C/C=C\C/C=C\CCCC(=O)OC(CCCCCCCCCC)CC(=O)NC(CO)C(O)CCCCCCCCCCCCCCCCCC. The number of unbranched alkanes of at least 4 members (excludes halogenated alkanes) is 26. The molecule has 0 aliphatic heterocycles. The highest BCUT2D eigenvalue weighted by molar-refractivity contribution is 5.77. The molecule has 1 amide bonds. The Hall–Kier alpha value is -2.18. The summed E-state index contributed by atoms with van der Waals surface area (Å²) in [6.07, 6.45) is 57.5. The van der Waals surface area contributed by atoms with Gasteiger partial charge in [0.15, 0.2) is 0 Å². The lowest BCUT2D eigenvalue weighted by Crippen LogP contribution is -2.46. The van der Waals surface area contributed by atoms with Crippen LogP contribution in [0.5, 0.6) is 0 Å². The van der Waals surface area contributed by atoms with Gasteiger partial charge in [0.05, 0.1) is 25.2 Å². The number of hydrogen-bond donors (Lipinski definition) is 3. The van der Waals surface area contributed by atoms with Gasteiger partial charge in [-0.3, -0.25) is 9.59 Å². The average molecular weight is 842 g/mol. The normalized spacial score (nSPS) is 13.6. The van der Waals surface area contributed by atoms with Crippen LogP contribution in [0.3, 0.4) is 0 Å². The Bertz CT molecular complexity index is 1040. The summed E-state index contributed by atoms with van der Waals surface area (Å²) in [6.45, 7) is 6.43. The third-order valence-electron chi connectivity index (χ3n) is 11.7. The van der Waals surface area contributed by atoms with E-state index in [1.165, 1.54) is 141 Å². The molecular formula is C54H99NO5. The van der Waals surface area contributed by atoms with Gasteiger partial charge in [-0.1, -0.05) is 230 Å². The summed E-state index contributed by atoms with van der Waals surface area (Å²) in [5, 5.41) is 23.7. The van der Waals surface area contributed by atoms with Crippen LogP contribution in [-0.4, -0.2) is 46.9 Å². The van der Waals surface area contributed by atoms with Crippen LogP contribution in [0.4, 0.5) is 0 Å². The maximum absolute atomic E-state index is 13.1. The van der Waals surface area contributed by atoms with Crippen molar-refractivity contribution < 1.29 is 24.5 Å². The van der Waals surface area contributed by atoms with Crippen molar-refractivity contribution >= 4 is 11.9 Å². The standard InChI is InChI=1S/C54H99NO5/c1-4-7-10-13-16-19-21-23-25-27-29-31-33-35-38-41-44-47-54(59)60-50(45-42-39-36-18-15-12-9-6-3)48-53(58)55-51(49-56)52(57)46-43-40-37-34-32-30-28-26-24-22-20-17-14-11-8-5-2/h16,19,23,25,29,31,35,38,50-52,56-57H,4-15,17-18,20-22,24,26-28,30,32-34,36-37,39-49H2,1-3H3,(H,55,58)/b19-16-,25-23-,31-29-,38-35-. The highest BCUT2D eigenvalue weighted by Crippen LogP contribution is 2.18. The number of allylic oxidation sites excluding steroid dienone is 8. The van der Waals surface area contributed by atoms with Gasteiger partial charge in [0.25, 0.3) is 0 Å². The first-order chi connectivity index (χ1) is 29.5. The molecule has 3 N–H and O–H groups in total. The molecule has 350 valence electrons. The van der Waals surface area contributed by atoms with E-state index < -0.39 is 18.2 Å². The van der Waals surface area contributed by atoms with Crippen LogP contribution in [0.25, 0.3) is 0 Å². The van der Waals surface area contributed by atoms with Crippen molar-refractivity contribution in [2.75, 3.05) is 6.61 Å². The van der Waals surface area contributed by atoms with Crippen LogP contribution in [-0.2, 0) is 14.3 Å². The van der Waals surface area contributed by atoms with E-state index >= 15 is 0 Å². The van der Waals surface area contributed by atoms with Gasteiger partial charge in [-0.05, 0) is 64.2 Å². The summed E-state index contributed by atoms with van der Waals surface area (Å²) >= 11 is 0. The fourth-order valence-corrected chi connectivity index (χ4v) is 7.72. The number of amides is 1. The fourth-order valence-electron chi connectivity index (χ4n) is 7.72. The molecule has 6 nitrogen and oxygen atoms in total. The summed E-state index contributed by atoms with van der Waals surface area (Å²) in [6, 6.07) is -0.709. The average Bonchev–Trinajstić information content (AvgIpc) is 3.24. The van der Waals surface area contributed by atoms with Crippen molar-refractivity contribution in [3.63, 3.8) is 0 Å². The van der Waals surface area contributed by atoms with Gasteiger partial charge in [0, 0.05) is 6.42 Å². The zero-order chi connectivity index (χ0) is 43.8. The monoisotopic (exact) mass is 842 g/mol. The second-order valence-electron chi connectivity index (χ2n) is 17.6. The molecule has 0 radical (unpaired) electrons. The van der Waals surface area contributed by atoms with Crippen molar-refractivity contribution in [1.29, 1.82) is 0 Å². The quantitative estimate of drug-likeness (QED) is 0.0322. The first-order valence-corrected chi connectivity index (χ1v) is 25.9. The predicted octanol–water partition coefficient (Wildman–Crippen LogP) is 15.5. The van der Waals surface area contributed by atoms with Gasteiger partial charge in [0.2, 0.25) is 5.91 Å². The van der Waals surface area contributed by atoms with Crippen LogP contribution in [0.2, 0.25) is 0 Å². The van der Waals surface area contributed by atoms with Gasteiger partial charge >= 0.3 is 5.97 Å². The lowest BCUT2D eigenvalue weighted by molar-refractivity contribution is -0.151. The third-order valence-corrected chi connectivity index (χ3v) is 11.7. The number of carbonyl (C=O) groups excluding carboxylic acids is 2. The Morgan fingerprint density at radius 3 is 1.28 bits per heavy atom. The van der Waals surface area contributed by atoms with Gasteiger partial charge in [-0.2, -0.15) is 0 Å². The topological polar surface area (TPSA) is 95.9 Å². The zero-order valence-corrected chi connectivity index (χ0v) is 39.8. The number of rotatable bonds is 46. The molecule has 3 unspecified atom stereocenters. The van der Waals surface area contributed by atoms with Crippen molar-refractivity contribution in [3.05, 3.63) is 48.6 Å². The summed E-state index contributed by atoms with van der Waals surface area (Å²) in [7, 11) is 0. The van der Waals surface area contributed by atoms with E-state index in [4.69, 9.17) is 4.74 Å². The molecule has 0 bridgehead atoms. The molecule has 0 aliphatic rings. The number of hydrogen-bond acceptors (Lipinski definition) is 5. The molecule has 3 atom stereocenters. The minimum absolute atomic E-state index is 0.0572. The minimum atomic E-state index is -0.794. The number of aliphatic hydroxyl groups excluding tert-OH is 2. The van der Waals surface area contributed by atoms with E-state index in [-0.39, 0.29) is 24.9 Å². The largest absolute Gasteiger partial charge is 0.462 e. The molecule has 6 heteroatoms. The van der Waals surface area contributed by atoms with E-state index in [1.807, 2.05) is 0 Å². The van der Waals surface area contributed by atoms with Gasteiger partial charge in [0.1, 0.15) is 6.10 Å². The van der Waals surface area contributed by atoms with Crippen molar-refractivity contribution in [2.45, 2.75) is 277 Å². The second-order valence-corrected chi connectivity index (χ2v) is 17.6. The van der Waals surface area contributed by atoms with E-state index in [9.17, 15) is 19.8 Å². The van der Waals surface area contributed by atoms with E-state index in [2.05, 4.69) is 74.7 Å². The Kier molecular flexibility index (Phi) is 46.1. The summed E-state index contributed by atoms with van der Waals surface area (Å²) in [4.78, 5) is 26.0. The third kappa shape index (κ3) is 42.5. The highest BCUT2D eigenvalue weighted by Gasteiger charge is 2.24. The number of aliphatic hydroxyl groups is 2. The Morgan fingerprint density at radius 2 is 0.850 bits per heavy atom. The maximum Gasteiger partial charge on any atom is 0.306 e. The second kappa shape index (κ2) is 47.9. The molecule has 0 saturated carbocycles. The van der Waals surface area contributed by atoms with Gasteiger partial charge < -0.3 is 20.3 Å². The lowest BCUT2D eigenvalue weighted by Gasteiger charge is -2.24. The van der Waals surface area contributed by atoms with Crippen molar-refractivity contribution in [1.82, 2.24) is 5.32 Å². The van der Waals surface area contributed by atoms with Crippen LogP contribution in [0, 0.1) is 0 Å². The minimum Gasteiger partial charge on any atom is -0.462 e. The Labute approximate surface area is 372 Å². The Morgan fingerprint density at radius 1 is 0.483 bits per heavy atom. The van der Waals surface area contributed by atoms with Crippen molar-refractivity contribution in [2.24, 2.45) is 0 Å². The molecular weight excluding hydrogens is 743 g/mol. The van der Waals surface area contributed by atoms with E-state index in [0.29, 0.717) is 25.7 Å². The highest BCUT2D eigenvalue weighted by atomic mass is 16.5. The van der Waals surface area contributed by atoms with Crippen LogP contribution in [0.1, 0.15) is 258 Å². The molecule has 0 aromatic rings. The molecule has 0 aromatic heterocycles. The molecule has 0 rings (SSSR count). The number of carbonyl (C=O) groups is 2. The van der Waals surface area contributed by atoms with Gasteiger partial charge in [-0.15, -0.1) is 0 Å². The predicted molar refractivity (Wildman–Crippen MR) is 259 cm³/mol. The van der Waals surface area contributed by atoms with Crippen LogP contribution in [0.15, 0.2) is 48.6 Å². The smallest absolute Gasteiger partial charge is 0.306 e. The molecule has 0 saturated heterocycles. The first-order valence-electron chi connectivity index (χ1n) is 25.9. The lowest BCUT2D eigenvalue weighted by atomic mass is 10.0. The van der Waals surface area contributed by atoms with Crippen LogP contribution < -0.4 is 5.32 Å². The Balaban J connectivity index is 4.47. The zero-order valence-electron chi connectivity index (χ0n) is 39.8. The molecule has 0 aromatic carbocycles. The molecule has 0 aliphatic carbocycles. The van der Waals surface area contributed by atoms with E-state index in [0.717, 1.165) is 64.2 Å². The van der Waals surface area contributed by atoms with Crippen LogP contribution >= 0.6 is 0 Å². The van der Waals surface area contributed by atoms with Gasteiger partial charge in [-0.25, -0.2) is 0 Å². The number of ether oxygens (including phenoxy) is 1. The van der Waals surface area contributed by atoms with Crippen molar-refractivity contribution in [3.8, 4) is 0 Å².